The van der Waals surface area contributed by atoms with Crippen LogP contribution in [0.25, 0.3) is 11.1 Å². The quantitative estimate of drug-likeness (QED) is 0.125. The van der Waals surface area contributed by atoms with E-state index in [1.165, 1.54) is 57.5 Å². The Hall–Kier alpha value is -3.82. The first-order valence-electron chi connectivity index (χ1n) is 11.4. The highest BCUT2D eigenvalue weighted by Gasteiger charge is 2.20. The van der Waals surface area contributed by atoms with Crippen molar-refractivity contribution < 1.29 is 19.2 Å². The fraction of sp³-hybridized carbons (Fsp3) is 0. The third-order valence-electron chi connectivity index (χ3n) is 5.56. The van der Waals surface area contributed by atoms with Crippen molar-refractivity contribution in [1.82, 2.24) is 0 Å². The van der Waals surface area contributed by atoms with Crippen LogP contribution in [-0.2, 0) is 0 Å². The second-order valence-corrected chi connectivity index (χ2v) is 11.8. The average Bonchev–Trinajstić information content (AvgIpc) is 3.77. The van der Waals surface area contributed by atoms with Gasteiger partial charge in [-0.05, 0) is 57.9 Å². The molecule has 0 aliphatic carbocycles. The zero-order valence-corrected chi connectivity index (χ0v) is 22.9. The third kappa shape index (κ3) is 5.69. The zero-order valence-electron chi connectivity index (χ0n) is 19.7. The van der Waals surface area contributed by atoms with Crippen LogP contribution in [0.4, 0.5) is 0 Å². The van der Waals surface area contributed by atoms with Crippen molar-refractivity contribution in [2.24, 2.45) is 0 Å². The SMILES string of the molecule is O=C(/C=C(\C(=O)c1cccs1)c1cccs1)c1ccc(C(=O)/C=C(\C(=O)c2cccs2)c2cccs2)cc1. The lowest BCUT2D eigenvalue weighted by Gasteiger charge is -2.05. The summed E-state index contributed by atoms with van der Waals surface area (Å²) < 4.78 is 0. The Labute approximate surface area is 234 Å². The molecular formula is C30H18O4S4. The number of carbonyl (C=O) groups is 4. The normalized spacial score (nSPS) is 11.9. The van der Waals surface area contributed by atoms with E-state index in [4.69, 9.17) is 0 Å². The van der Waals surface area contributed by atoms with Crippen molar-refractivity contribution in [2.45, 2.75) is 0 Å². The van der Waals surface area contributed by atoms with Crippen LogP contribution in [0.1, 0.15) is 49.8 Å². The molecule has 0 unspecified atom stereocenters. The molecule has 186 valence electrons. The summed E-state index contributed by atoms with van der Waals surface area (Å²) in [5.41, 5.74) is 1.38. The molecule has 0 radical (unpaired) electrons. The molecule has 4 aromatic heterocycles. The first-order valence-corrected chi connectivity index (χ1v) is 14.9. The Balaban J connectivity index is 1.41. The molecule has 0 saturated carbocycles. The summed E-state index contributed by atoms with van der Waals surface area (Å²) in [6.45, 7) is 0. The van der Waals surface area contributed by atoms with Crippen molar-refractivity contribution >= 4 is 79.6 Å². The molecule has 5 rings (SSSR count). The molecule has 0 fully saturated rings. The van der Waals surface area contributed by atoms with E-state index >= 15 is 0 Å². The number of hydrogen-bond donors (Lipinski definition) is 0. The number of Topliss-reactive ketones (excluding diaryl/α,β-unsaturated/α-hetero) is 2. The zero-order chi connectivity index (χ0) is 26.5. The second kappa shape index (κ2) is 11.7. The van der Waals surface area contributed by atoms with Gasteiger partial charge in [0.15, 0.2) is 11.6 Å². The largest absolute Gasteiger partial charge is 0.289 e. The van der Waals surface area contributed by atoms with Gasteiger partial charge in [0.2, 0.25) is 11.6 Å². The molecule has 0 saturated heterocycles. The molecule has 0 aliphatic rings. The predicted molar refractivity (Wildman–Crippen MR) is 157 cm³/mol. The summed E-state index contributed by atoms with van der Waals surface area (Å²) in [6, 6.07) is 20.6. The highest BCUT2D eigenvalue weighted by molar-refractivity contribution is 7.14. The fourth-order valence-electron chi connectivity index (χ4n) is 3.67. The van der Waals surface area contributed by atoms with Gasteiger partial charge in [0, 0.05) is 32.0 Å². The Kier molecular flexibility index (Phi) is 7.95. The van der Waals surface area contributed by atoms with Crippen molar-refractivity contribution in [3.05, 3.63) is 137 Å². The van der Waals surface area contributed by atoms with Gasteiger partial charge >= 0.3 is 0 Å². The van der Waals surface area contributed by atoms with Gasteiger partial charge in [-0.1, -0.05) is 48.5 Å². The van der Waals surface area contributed by atoms with Gasteiger partial charge in [-0.15, -0.1) is 45.3 Å². The maximum Gasteiger partial charge on any atom is 0.204 e. The van der Waals surface area contributed by atoms with E-state index < -0.39 is 0 Å². The van der Waals surface area contributed by atoms with E-state index in [9.17, 15) is 19.2 Å². The third-order valence-corrected chi connectivity index (χ3v) is 9.10. The minimum atomic E-state index is -0.333. The maximum atomic E-state index is 13.1. The van der Waals surface area contributed by atoms with Gasteiger partial charge < -0.3 is 0 Å². The summed E-state index contributed by atoms with van der Waals surface area (Å²) in [7, 11) is 0. The Morgan fingerprint density at radius 2 is 0.763 bits per heavy atom. The summed E-state index contributed by atoms with van der Waals surface area (Å²) in [6.07, 6.45) is 2.72. The molecule has 0 atom stereocenters. The van der Waals surface area contributed by atoms with Crippen molar-refractivity contribution in [2.75, 3.05) is 0 Å². The smallest absolute Gasteiger partial charge is 0.204 e. The lowest BCUT2D eigenvalue weighted by atomic mass is 10.00. The highest BCUT2D eigenvalue weighted by Crippen LogP contribution is 2.28. The molecule has 5 aromatic rings. The number of allylic oxidation sites excluding steroid dienone is 4. The van der Waals surface area contributed by atoms with E-state index in [0.717, 1.165) is 0 Å². The standard InChI is InChI=1S/C30H18O4S4/c31-23(17-21(25-5-1-13-35-25)29(33)27-7-3-15-37-27)19-9-11-20(12-10-19)24(32)18-22(26-6-2-14-36-26)30(34)28-8-4-16-38-28/h1-18H/b21-17-,22-18-. The van der Waals surface area contributed by atoms with Crippen molar-refractivity contribution in [3.63, 3.8) is 0 Å². The molecule has 0 N–H and O–H groups in total. The van der Waals surface area contributed by atoms with Gasteiger partial charge in [0.05, 0.1) is 9.75 Å². The molecule has 38 heavy (non-hydrogen) atoms. The van der Waals surface area contributed by atoms with E-state index in [2.05, 4.69) is 0 Å². The first-order chi connectivity index (χ1) is 18.5. The van der Waals surface area contributed by atoms with E-state index in [-0.39, 0.29) is 23.1 Å². The van der Waals surface area contributed by atoms with Gasteiger partial charge in [0.25, 0.3) is 0 Å². The maximum absolute atomic E-state index is 13.1. The summed E-state index contributed by atoms with van der Waals surface area (Å²) >= 11 is 5.44. The van der Waals surface area contributed by atoms with Crippen LogP contribution in [0.2, 0.25) is 0 Å². The van der Waals surface area contributed by atoms with Crippen LogP contribution < -0.4 is 0 Å². The summed E-state index contributed by atoms with van der Waals surface area (Å²) in [5.74, 6) is -1.08. The Morgan fingerprint density at radius 3 is 1.05 bits per heavy atom. The Bertz CT molecular complexity index is 1510. The van der Waals surface area contributed by atoms with Crippen molar-refractivity contribution in [1.29, 1.82) is 0 Å². The number of thiophene rings is 4. The molecule has 4 nitrogen and oxygen atoms in total. The lowest BCUT2D eigenvalue weighted by molar-refractivity contribution is 0.102. The average molecular weight is 571 g/mol. The fourth-order valence-corrected chi connectivity index (χ4v) is 6.50. The number of hydrogen-bond acceptors (Lipinski definition) is 8. The second-order valence-electron chi connectivity index (χ2n) is 7.99. The molecule has 0 amide bonds. The van der Waals surface area contributed by atoms with Crippen LogP contribution in [0.15, 0.2) is 106 Å². The monoisotopic (exact) mass is 570 g/mol. The first kappa shape index (κ1) is 25.8. The van der Waals surface area contributed by atoms with Gasteiger partial charge in [0.1, 0.15) is 0 Å². The van der Waals surface area contributed by atoms with Crippen LogP contribution in [0.3, 0.4) is 0 Å². The minimum Gasteiger partial charge on any atom is -0.289 e. The van der Waals surface area contributed by atoms with Crippen LogP contribution in [0.5, 0.6) is 0 Å². The van der Waals surface area contributed by atoms with E-state index in [1.807, 2.05) is 45.8 Å². The van der Waals surface area contributed by atoms with Gasteiger partial charge in [-0.3, -0.25) is 19.2 Å². The molecular weight excluding hydrogens is 553 g/mol. The van der Waals surface area contributed by atoms with Crippen LogP contribution in [0, 0.1) is 0 Å². The molecule has 1 aromatic carbocycles. The molecule has 8 heteroatoms. The lowest BCUT2D eigenvalue weighted by Crippen LogP contribution is -2.05. The summed E-state index contributed by atoms with van der Waals surface area (Å²) in [5, 5.41) is 7.36. The van der Waals surface area contributed by atoms with Crippen LogP contribution >= 0.6 is 45.3 Å². The Morgan fingerprint density at radius 1 is 0.447 bits per heavy atom. The minimum absolute atomic E-state index is 0.204. The molecule has 0 spiro atoms. The number of benzene rings is 1. The van der Waals surface area contributed by atoms with E-state index in [0.29, 0.717) is 41.8 Å². The molecule has 4 heterocycles. The van der Waals surface area contributed by atoms with Crippen LogP contribution in [-0.4, -0.2) is 23.1 Å². The molecule has 0 bridgehead atoms. The van der Waals surface area contributed by atoms with Crippen molar-refractivity contribution in [3.8, 4) is 0 Å². The highest BCUT2D eigenvalue weighted by atomic mass is 32.1. The number of rotatable bonds is 10. The topological polar surface area (TPSA) is 68.3 Å². The summed E-state index contributed by atoms with van der Waals surface area (Å²) in [4.78, 5) is 54.9. The predicted octanol–water partition coefficient (Wildman–Crippen LogP) is 8.23. The van der Waals surface area contributed by atoms with E-state index in [1.54, 1.807) is 48.5 Å². The number of carbonyl (C=O) groups excluding carboxylic acids is 4. The van der Waals surface area contributed by atoms with Gasteiger partial charge in [-0.2, -0.15) is 0 Å². The molecule has 0 aliphatic heterocycles. The number of ketones is 4. The van der Waals surface area contributed by atoms with Gasteiger partial charge in [-0.25, -0.2) is 0 Å².